The number of alkyl halides is 4. The van der Waals surface area contributed by atoms with Crippen LogP contribution in [0.3, 0.4) is 0 Å². The molecule has 1 saturated heterocycles. The van der Waals surface area contributed by atoms with Crippen molar-refractivity contribution < 1.29 is 36.2 Å². The van der Waals surface area contributed by atoms with E-state index in [0.717, 1.165) is 17.8 Å². The maximum Gasteiger partial charge on any atom is 0.573 e. The Labute approximate surface area is 175 Å². The standard InChI is InChI=1S/C22H20F5NO3/c1-30-20-11-16-12(9-19(20)28-6-4-13(23)5-7-28)8-17(21(16)29)15-3-2-14(10-18(15)24)31-22(25,26)27/h2-3,9-11,13,17H,4-8H2,1H3. The van der Waals surface area contributed by atoms with Gasteiger partial charge in [0.1, 0.15) is 23.5 Å². The zero-order valence-corrected chi connectivity index (χ0v) is 16.6. The highest BCUT2D eigenvalue weighted by atomic mass is 19.4. The van der Waals surface area contributed by atoms with Crippen LogP contribution in [0.4, 0.5) is 27.6 Å². The molecule has 0 amide bonds. The number of fused-ring (bicyclic) bond motifs is 1. The van der Waals surface area contributed by atoms with Crippen LogP contribution in [0.2, 0.25) is 0 Å². The summed E-state index contributed by atoms with van der Waals surface area (Å²) in [4.78, 5) is 15.0. The van der Waals surface area contributed by atoms with Crippen LogP contribution < -0.4 is 14.4 Å². The highest BCUT2D eigenvalue weighted by Gasteiger charge is 2.36. The first-order valence-electron chi connectivity index (χ1n) is 9.85. The maximum atomic E-state index is 14.6. The fraction of sp³-hybridized carbons (Fsp3) is 0.409. The van der Waals surface area contributed by atoms with Gasteiger partial charge in [0.05, 0.1) is 18.7 Å². The quantitative estimate of drug-likeness (QED) is 0.612. The number of piperidine rings is 1. The van der Waals surface area contributed by atoms with E-state index in [-0.39, 0.29) is 17.8 Å². The van der Waals surface area contributed by atoms with Crippen LogP contribution in [0.1, 0.15) is 40.2 Å². The smallest absolute Gasteiger partial charge is 0.495 e. The number of methoxy groups -OCH3 is 1. The van der Waals surface area contributed by atoms with Crippen LogP contribution in [0, 0.1) is 5.82 Å². The van der Waals surface area contributed by atoms with Crippen molar-refractivity contribution in [2.45, 2.75) is 37.7 Å². The van der Waals surface area contributed by atoms with Crippen molar-refractivity contribution in [2.75, 3.05) is 25.1 Å². The number of anilines is 1. The van der Waals surface area contributed by atoms with Gasteiger partial charge in [-0.25, -0.2) is 8.78 Å². The Morgan fingerprint density at radius 1 is 1.10 bits per heavy atom. The molecule has 9 heteroatoms. The zero-order chi connectivity index (χ0) is 22.3. The number of carbonyl (C=O) groups is 1. The summed E-state index contributed by atoms with van der Waals surface area (Å²) in [5.41, 5.74) is 1.84. The number of Topliss-reactive ketones (excluding diaryl/α,β-unsaturated/α-hetero) is 1. The van der Waals surface area contributed by atoms with Gasteiger partial charge in [-0.05, 0) is 48.6 Å². The maximum absolute atomic E-state index is 14.6. The van der Waals surface area contributed by atoms with Crippen LogP contribution >= 0.6 is 0 Å². The number of ketones is 1. The SMILES string of the molecule is COc1cc2c(cc1N1CCC(F)CC1)CC(c1ccc(OC(F)(F)F)cc1F)C2=O. The molecule has 0 aromatic heterocycles. The van der Waals surface area contributed by atoms with E-state index in [1.165, 1.54) is 7.11 Å². The van der Waals surface area contributed by atoms with Gasteiger partial charge in [0.15, 0.2) is 5.78 Å². The monoisotopic (exact) mass is 441 g/mol. The average Bonchev–Trinajstić information content (AvgIpc) is 3.02. The van der Waals surface area contributed by atoms with Gasteiger partial charge >= 0.3 is 6.36 Å². The molecular weight excluding hydrogens is 421 g/mol. The fourth-order valence-electron chi connectivity index (χ4n) is 4.25. The molecule has 1 atom stereocenters. The van der Waals surface area contributed by atoms with E-state index in [4.69, 9.17) is 4.74 Å². The lowest BCUT2D eigenvalue weighted by Gasteiger charge is -2.32. The average molecular weight is 441 g/mol. The van der Waals surface area contributed by atoms with E-state index in [1.807, 2.05) is 11.0 Å². The third kappa shape index (κ3) is 4.31. The lowest BCUT2D eigenvalue weighted by atomic mass is 9.94. The van der Waals surface area contributed by atoms with Crippen molar-refractivity contribution >= 4 is 11.5 Å². The van der Waals surface area contributed by atoms with Gasteiger partial charge in [-0.1, -0.05) is 6.07 Å². The second-order valence-corrected chi connectivity index (χ2v) is 7.69. The van der Waals surface area contributed by atoms with Gasteiger partial charge in [0.2, 0.25) is 0 Å². The molecular formula is C22H20F5NO3. The van der Waals surface area contributed by atoms with E-state index in [9.17, 15) is 26.7 Å². The molecule has 2 aromatic rings. The number of hydrogen-bond donors (Lipinski definition) is 0. The minimum absolute atomic E-state index is 0.00878. The van der Waals surface area contributed by atoms with Crippen LogP contribution in [-0.4, -0.2) is 38.5 Å². The summed E-state index contributed by atoms with van der Waals surface area (Å²) >= 11 is 0. The molecule has 1 unspecified atom stereocenters. The molecule has 2 aliphatic rings. The largest absolute Gasteiger partial charge is 0.573 e. The van der Waals surface area contributed by atoms with Gasteiger partial charge in [0.25, 0.3) is 0 Å². The zero-order valence-electron chi connectivity index (χ0n) is 16.6. The Morgan fingerprint density at radius 2 is 1.81 bits per heavy atom. The molecule has 166 valence electrons. The summed E-state index contributed by atoms with van der Waals surface area (Å²) in [5, 5.41) is 0. The summed E-state index contributed by atoms with van der Waals surface area (Å²) in [7, 11) is 1.48. The van der Waals surface area contributed by atoms with E-state index in [0.29, 0.717) is 48.9 Å². The van der Waals surface area contributed by atoms with Crippen molar-refractivity contribution in [2.24, 2.45) is 0 Å². The summed E-state index contributed by atoms with van der Waals surface area (Å²) < 4.78 is 74.3. The fourth-order valence-corrected chi connectivity index (χ4v) is 4.25. The molecule has 0 bridgehead atoms. The highest BCUT2D eigenvalue weighted by Crippen LogP contribution is 2.42. The molecule has 4 rings (SSSR count). The molecule has 0 N–H and O–H groups in total. The first-order chi connectivity index (χ1) is 14.7. The van der Waals surface area contributed by atoms with Crippen LogP contribution in [0.25, 0.3) is 0 Å². The third-order valence-corrected chi connectivity index (χ3v) is 5.76. The van der Waals surface area contributed by atoms with Crippen LogP contribution in [0.5, 0.6) is 11.5 Å². The Balaban J connectivity index is 1.62. The first-order valence-corrected chi connectivity index (χ1v) is 9.85. The third-order valence-electron chi connectivity index (χ3n) is 5.76. The Morgan fingerprint density at radius 3 is 2.42 bits per heavy atom. The summed E-state index contributed by atoms with van der Waals surface area (Å²) in [6.45, 7) is 1.03. The van der Waals surface area contributed by atoms with Crippen molar-refractivity contribution in [1.82, 2.24) is 0 Å². The number of nitrogens with zero attached hydrogens (tertiary/aromatic N) is 1. The second kappa shape index (κ2) is 8.01. The molecule has 1 fully saturated rings. The van der Waals surface area contributed by atoms with Crippen molar-refractivity contribution in [3.8, 4) is 11.5 Å². The Hall–Kier alpha value is -2.84. The predicted molar refractivity (Wildman–Crippen MR) is 103 cm³/mol. The van der Waals surface area contributed by atoms with Gasteiger partial charge in [0, 0.05) is 24.7 Å². The number of benzene rings is 2. The number of rotatable bonds is 4. The first kappa shape index (κ1) is 21.4. The van der Waals surface area contributed by atoms with Crippen LogP contribution in [-0.2, 0) is 6.42 Å². The van der Waals surface area contributed by atoms with E-state index >= 15 is 0 Å². The molecule has 0 radical (unpaired) electrons. The lowest BCUT2D eigenvalue weighted by Crippen LogP contribution is -2.34. The minimum atomic E-state index is -4.93. The van der Waals surface area contributed by atoms with Gasteiger partial charge in [-0.3, -0.25) is 4.79 Å². The summed E-state index contributed by atoms with van der Waals surface area (Å²) in [6, 6.07) is 6.19. The summed E-state index contributed by atoms with van der Waals surface area (Å²) in [6.07, 6.45) is -4.76. The molecule has 0 spiro atoms. The molecule has 2 aromatic carbocycles. The van der Waals surface area contributed by atoms with Crippen molar-refractivity contribution in [3.05, 3.63) is 52.8 Å². The molecule has 1 heterocycles. The molecule has 31 heavy (non-hydrogen) atoms. The van der Waals surface area contributed by atoms with Gasteiger partial charge in [-0.2, -0.15) is 0 Å². The Kier molecular flexibility index (Phi) is 5.53. The van der Waals surface area contributed by atoms with Crippen molar-refractivity contribution in [1.29, 1.82) is 0 Å². The van der Waals surface area contributed by atoms with Crippen molar-refractivity contribution in [3.63, 3.8) is 0 Å². The van der Waals surface area contributed by atoms with Crippen LogP contribution in [0.15, 0.2) is 30.3 Å². The van der Waals surface area contributed by atoms with Gasteiger partial charge in [-0.15, -0.1) is 13.2 Å². The lowest BCUT2D eigenvalue weighted by molar-refractivity contribution is -0.274. The normalized spacial score (nSPS) is 19.5. The highest BCUT2D eigenvalue weighted by molar-refractivity contribution is 6.06. The molecule has 1 aliphatic heterocycles. The minimum Gasteiger partial charge on any atom is -0.495 e. The molecule has 4 nitrogen and oxygen atoms in total. The van der Waals surface area contributed by atoms with Gasteiger partial charge < -0.3 is 14.4 Å². The van der Waals surface area contributed by atoms with E-state index in [1.54, 1.807) is 6.07 Å². The Bertz CT molecular complexity index is 999. The van der Waals surface area contributed by atoms with E-state index < -0.39 is 30.0 Å². The number of halogens is 5. The summed E-state index contributed by atoms with van der Waals surface area (Å²) in [5.74, 6) is -2.33. The second-order valence-electron chi connectivity index (χ2n) is 7.69. The topological polar surface area (TPSA) is 38.8 Å². The number of hydrogen-bond acceptors (Lipinski definition) is 4. The van der Waals surface area contributed by atoms with E-state index in [2.05, 4.69) is 4.74 Å². The molecule has 0 saturated carbocycles. The molecule has 1 aliphatic carbocycles. The predicted octanol–water partition coefficient (Wildman–Crippen LogP) is 5.19. The number of carbonyl (C=O) groups excluding carboxylic acids is 1. The number of ether oxygens (including phenoxy) is 2.